The minimum atomic E-state index is -0.798. The number of amides is 2. The largest absolute Gasteiger partial charge is 0.467 e. The van der Waals surface area contributed by atoms with Crippen LogP contribution in [0.4, 0.5) is 5.69 Å². The molecule has 0 radical (unpaired) electrons. The zero-order valence-electron chi connectivity index (χ0n) is 15.3. The van der Waals surface area contributed by atoms with Crippen molar-refractivity contribution in [3.05, 3.63) is 29.8 Å². The van der Waals surface area contributed by atoms with Gasteiger partial charge in [-0.2, -0.15) is 0 Å². The van der Waals surface area contributed by atoms with Crippen LogP contribution >= 0.6 is 0 Å². The summed E-state index contributed by atoms with van der Waals surface area (Å²) in [6.45, 7) is 4.56. The fourth-order valence-electron chi connectivity index (χ4n) is 2.12. The van der Waals surface area contributed by atoms with Gasteiger partial charge in [-0.05, 0) is 30.2 Å². The van der Waals surface area contributed by atoms with Gasteiger partial charge in [-0.15, -0.1) is 0 Å². The van der Waals surface area contributed by atoms with Gasteiger partial charge >= 0.3 is 11.9 Å². The molecule has 2 N–H and O–H groups in total. The molecule has 0 aromatic heterocycles. The molecule has 26 heavy (non-hydrogen) atoms. The molecule has 0 bridgehead atoms. The molecule has 0 aliphatic rings. The Hall–Kier alpha value is -2.90. The number of methoxy groups -OCH3 is 1. The third-order valence-corrected chi connectivity index (χ3v) is 3.76. The van der Waals surface area contributed by atoms with Crippen LogP contribution in [0.1, 0.15) is 37.6 Å². The number of esters is 2. The van der Waals surface area contributed by atoms with E-state index in [4.69, 9.17) is 4.74 Å². The molecule has 142 valence electrons. The number of rotatable bonds is 8. The highest BCUT2D eigenvalue weighted by atomic mass is 16.5. The summed E-state index contributed by atoms with van der Waals surface area (Å²) < 4.78 is 9.63. The lowest BCUT2D eigenvalue weighted by Crippen LogP contribution is -2.47. The molecule has 8 nitrogen and oxygen atoms in total. The van der Waals surface area contributed by atoms with Gasteiger partial charge in [-0.3, -0.25) is 9.59 Å². The number of carbonyl (C=O) groups is 4. The highest BCUT2D eigenvalue weighted by Gasteiger charge is 2.27. The summed E-state index contributed by atoms with van der Waals surface area (Å²) in [5.41, 5.74) is 0.777. The molecule has 0 fully saturated rings. The van der Waals surface area contributed by atoms with Gasteiger partial charge in [0.1, 0.15) is 6.04 Å². The van der Waals surface area contributed by atoms with E-state index in [-0.39, 0.29) is 17.4 Å². The van der Waals surface area contributed by atoms with Crippen LogP contribution in [0, 0.1) is 5.92 Å². The number of benzene rings is 1. The van der Waals surface area contributed by atoms with Crippen LogP contribution in [0.3, 0.4) is 0 Å². The van der Waals surface area contributed by atoms with Crippen molar-refractivity contribution in [3.63, 3.8) is 0 Å². The molecular weight excluding hydrogens is 340 g/mol. The molecule has 0 aliphatic carbocycles. The first-order valence-electron chi connectivity index (χ1n) is 8.20. The average Bonchev–Trinajstić information content (AvgIpc) is 2.63. The summed E-state index contributed by atoms with van der Waals surface area (Å²) in [5, 5.41) is 5.09. The quantitative estimate of drug-likeness (QED) is 0.677. The maximum atomic E-state index is 12.0. The van der Waals surface area contributed by atoms with Crippen molar-refractivity contribution in [1.29, 1.82) is 0 Å². The standard InChI is InChI=1S/C18H24N2O6/c1-5-11(2)16(18(24)25-4)20-15(22)10-26-17(23)13-6-8-14(9-7-13)19-12(3)21/h6-9,11,16H,5,10H2,1-4H3,(H,19,21)(H,20,22)/t11-,16+/m0/s1. The van der Waals surface area contributed by atoms with E-state index in [1.807, 2.05) is 13.8 Å². The van der Waals surface area contributed by atoms with E-state index < -0.39 is 30.5 Å². The van der Waals surface area contributed by atoms with E-state index in [1.54, 1.807) is 12.1 Å². The molecular formula is C18H24N2O6. The molecule has 8 heteroatoms. The highest BCUT2D eigenvalue weighted by molar-refractivity contribution is 5.93. The number of nitrogens with one attached hydrogen (secondary N) is 2. The van der Waals surface area contributed by atoms with E-state index in [9.17, 15) is 19.2 Å². The molecule has 0 aliphatic heterocycles. The molecule has 2 amide bonds. The van der Waals surface area contributed by atoms with Crippen molar-refractivity contribution in [2.24, 2.45) is 5.92 Å². The molecule has 1 aromatic carbocycles. The van der Waals surface area contributed by atoms with Crippen molar-refractivity contribution in [2.75, 3.05) is 19.0 Å². The summed E-state index contributed by atoms with van der Waals surface area (Å²) in [4.78, 5) is 46.6. The number of hydrogen-bond donors (Lipinski definition) is 2. The summed E-state index contributed by atoms with van der Waals surface area (Å²) in [5.74, 6) is -2.17. The molecule has 2 atom stereocenters. The Morgan fingerprint density at radius 2 is 1.73 bits per heavy atom. The minimum Gasteiger partial charge on any atom is -0.467 e. The van der Waals surface area contributed by atoms with E-state index in [0.717, 1.165) is 0 Å². The zero-order valence-corrected chi connectivity index (χ0v) is 15.3. The van der Waals surface area contributed by atoms with Crippen molar-refractivity contribution in [3.8, 4) is 0 Å². The normalized spacial score (nSPS) is 12.5. The Morgan fingerprint density at radius 3 is 2.23 bits per heavy atom. The van der Waals surface area contributed by atoms with Crippen LogP contribution in [0.2, 0.25) is 0 Å². The van der Waals surface area contributed by atoms with E-state index in [0.29, 0.717) is 12.1 Å². The van der Waals surface area contributed by atoms with Crippen molar-refractivity contribution >= 4 is 29.4 Å². The third kappa shape index (κ3) is 6.54. The van der Waals surface area contributed by atoms with Gasteiger partial charge in [0.15, 0.2) is 6.61 Å². The van der Waals surface area contributed by atoms with Crippen LogP contribution < -0.4 is 10.6 Å². The smallest absolute Gasteiger partial charge is 0.338 e. The Labute approximate surface area is 152 Å². The molecule has 0 heterocycles. The second kappa shape index (κ2) is 10.2. The summed E-state index contributed by atoms with van der Waals surface area (Å²) in [7, 11) is 1.24. The lowest BCUT2D eigenvalue weighted by molar-refractivity contribution is -0.147. The first-order chi connectivity index (χ1) is 12.3. The van der Waals surface area contributed by atoms with Crippen LogP contribution in [0.5, 0.6) is 0 Å². The van der Waals surface area contributed by atoms with E-state index in [2.05, 4.69) is 15.4 Å². The average molecular weight is 364 g/mol. The summed E-state index contributed by atoms with van der Waals surface area (Å²) >= 11 is 0. The second-order valence-electron chi connectivity index (χ2n) is 5.79. The Bertz CT molecular complexity index is 656. The summed E-state index contributed by atoms with van der Waals surface area (Å²) in [6.07, 6.45) is 0.667. The van der Waals surface area contributed by atoms with Gasteiger partial charge < -0.3 is 20.1 Å². The van der Waals surface area contributed by atoms with Crippen LogP contribution in [0.15, 0.2) is 24.3 Å². The van der Waals surface area contributed by atoms with Crippen LogP contribution in [-0.2, 0) is 23.9 Å². The third-order valence-electron chi connectivity index (χ3n) is 3.76. The maximum Gasteiger partial charge on any atom is 0.338 e. The number of hydrogen-bond acceptors (Lipinski definition) is 6. The predicted octanol–water partition coefficient (Wildman–Crippen LogP) is 1.51. The number of anilines is 1. The maximum absolute atomic E-state index is 12.0. The number of carbonyl (C=O) groups excluding carboxylic acids is 4. The topological polar surface area (TPSA) is 111 Å². The lowest BCUT2D eigenvalue weighted by atomic mass is 9.99. The molecule has 1 aromatic rings. The molecule has 1 rings (SSSR count). The second-order valence-corrected chi connectivity index (χ2v) is 5.79. The molecule has 0 unspecified atom stereocenters. The molecule has 0 saturated carbocycles. The highest BCUT2D eigenvalue weighted by Crippen LogP contribution is 2.11. The zero-order chi connectivity index (χ0) is 19.7. The fraction of sp³-hybridized carbons (Fsp3) is 0.444. The van der Waals surface area contributed by atoms with Gasteiger partial charge in [0.25, 0.3) is 5.91 Å². The minimum absolute atomic E-state index is 0.122. The monoisotopic (exact) mass is 364 g/mol. The Balaban J connectivity index is 2.58. The van der Waals surface area contributed by atoms with Gasteiger partial charge in [-0.1, -0.05) is 20.3 Å². The van der Waals surface area contributed by atoms with Crippen LogP contribution in [-0.4, -0.2) is 43.5 Å². The molecule has 0 saturated heterocycles. The van der Waals surface area contributed by atoms with Crippen molar-refractivity contribution in [1.82, 2.24) is 5.32 Å². The first kappa shape index (κ1) is 21.1. The van der Waals surface area contributed by atoms with Gasteiger partial charge in [-0.25, -0.2) is 9.59 Å². The van der Waals surface area contributed by atoms with Crippen LogP contribution in [0.25, 0.3) is 0 Å². The summed E-state index contributed by atoms with van der Waals surface area (Å²) in [6, 6.07) is 5.25. The van der Waals surface area contributed by atoms with Crippen molar-refractivity contribution in [2.45, 2.75) is 33.2 Å². The van der Waals surface area contributed by atoms with E-state index >= 15 is 0 Å². The van der Waals surface area contributed by atoms with Crippen molar-refractivity contribution < 1.29 is 28.7 Å². The van der Waals surface area contributed by atoms with Gasteiger partial charge in [0.05, 0.1) is 12.7 Å². The van der Waals surface area contributed by atoms with Gasteiger partial charge in [0, 0.05) is 12.6 Å². The SMILES string of the molecule is CC[C@H](C)[C@@H](NC(=O)COC(=O)c1ccc(NC(C)=O)cc1)C(=O)OC. The Kier molecular flexibility index (Phi) is 8.27. The molecule has 0 spiro atoms. The fourth-order valence-corrected chi connectivity index (χ4v) is 2.12. The predicted molar refractivity (Wildman–Crippen MR) is 94.4 cm³/mol. The van der Waals surface area contributed by atoms with Gasteiger partial charge in [0.2, 0.25) is 5.91 Å². The van der Waals surface area contributed by atoms with E-state index in [1.165, 1.54) is 26.2 Å². The first-order valence-corrected chi connectivity index (χ1v) is 8.20. The number of ether oxygens (including phenoxy) is 2. The Morgan fingerprint density at radius 1 is 1.12 bits per heavy atom. The lowest BCUT2D eigenvalue weighted by Gasteiger charge is -2.21.